The first-order valence-electron chi connectivity index (χ1n) is 9.87. The SMILES string of the molecule is CCOc1ccc(C(C)NS(=O)(=O)c2ccc3cc(OC)ccc3c2)cc1OCC. The number of sulfonamides is 1. The minimum Gasteiger partial charge on any atom is -0.497 e. The molecule has 0 fully saturated rings. The quantitative estimate of drug-likeness (QED) is 0.534. The Hall–Kier alpha value is -2.77. The fourth-order valence-electron chi connectivity index (χ4n) is 3.20. The van der Waals surface area contributed by atoms with Crippen molar-refractivity contribution >= 4 is 20.8 Å². The third kappa shape index (κ3) is 4.86. The normalized spacial score (nSPS) is 12.5. The molecule has 1 atom stereocenters. The average molecular weight is 430 g/mol. The van der Waals surface area contributed by atoms with Crippen LogP contribution in [0.5, 0.6) is 17.2 Å². The molecule has 160 valence electrons. The Morgan fingerprint density at radius 2 is 1.53 bits per heavy atom. The Labute approximate surface area is 177 Å². The molecule has 0 bridgehead atoms. The molecule has 0 spiro atoms. The number of nitrogens with one attached hydrogen (secondary N) is 1. The van der Waals surface area contributed by atoms with E-state index in [0.29, 0.717) is 24.7 Å². The topological polar surface area (TPSA) is 73.9 Å². The Morgan fingerprint density at radius 3 is 2.23 bits per heavy atom. The lowest BCUT2D eigenvalue weighted by molar-refractivity contribution is 0.287. The van der Waals surface area contributed by atoms with Crippen LogP contribution in [0.4, 0.5) is 0 Å². The second-order valence-electron chi connectivity index (χ2n) is 6.79. The summed E-state index contributed by atoms with van der Waals surface area (Å²) in [6.07, 6.45) is 0. The van der Waals surface area contributed by atoms with Crippen LogP contribution in [0, 0.1) is 0 Å². The predicted molar refractivity (Wildman–Crippen MR) is 118 cm³/mol. The Bertz CT molecular complexity index is 1130. The first-order valence-corrected chi connectivity index (χ1v) is 11.4. The molecule has 0 aliphatic heterocycles. The van der Waals surface area contributed by atoms with E-state index in [1.54, 1.807) is 38.3 Å². The monoisotopic (exact) mass is 429 g/mol. The van der Waals surface area contributed by atoms with Crippen molar-refractivity contribution < 1.29 is 22.6 Å². The Kier molecular flexibility index (Phi) is 6.84. The van der Waals surface area contributed by atoms with E-state index in [9.17, 15) is 8.42 Å². The van der Waals surface area contributed by atoms with E-state index in [0.717, 1.165) is 22.1 Å². The van der Waals surface area contributed by atoms with Crippen LogP contribution in [0.2, 0.25) is 0 Å². The molecule has 0 saturated heterocycles. The van der Waals surface area contributed by atoms with Crippen molar-refractivity contribution in [1.82, 2.24) is 4.72 Å². The zero-order valence-electron chi connectivity index (χ0n) is 17.6. The van der Waals surface area contributed by atoms with Gasteiger partial charge in [0.15, 0.2) is 11.5 Å². The molecule has 0 aromatic heterocycles. The summed E-state index contributed by atoms with van der Waals surface area (Å²) in [6, 6.07) is 15.6. The maximum Gasteiger partial charge on any atom is 0.241 e. The van der Waals surface area contributed by atoms with Gasteiger partial charge in [-0.15, -0.1) is 0 Å². The highest BCUT2D eigenvalue weighted by Crippen LogP contribution is 2.31. The van der Waals surface area contributed by atoms with Crippen LogP contribution in [0.15, 0.2) is 59.5 Å². The molecule has 6 nitrogen and oxygen atoms in total. The molecule has 0 aliphatic carbocycles. The zero-order valence-corrected chi connectivity index (χ0v) is 18.5. The van der Waals surface area contributed by atoms with Crippen LogP contribution < -0.4 is 18.9 Å². The fourth-order valence-corrected chi connectivity index (χ4v) is 4.47. The molecule has 0 aliphatic rings. The highest BCUT2D eigenvalue weighted by atomic mass is 32.2. The summed E-state index contributed by atoms with van der Waals surface area (Å²) in [4.78, 5) is 0.211. The Balaban J connectivity index is 1.85. The van der Waals surface area contributed by atoms with Gasteiger partial charge in [0.1, 0.15) is 5.75 Å². The van der Waals surface area contributed by atoms with Crippen molar-refractivity contribution in [3.05, 3.63) is 60.2 Å². The molecule has 1 N–H and O–H groups in total. The van der Waals surface area contributed by atoms with Gasteiger partial charge in [0.05, 0.1) is 25.2 Å². The summed E-state index contributed by atoms with van der Waals surface area (Å²) >= 11 is 0. The van der Waals surface area contributed by atoms with E-state index in [1.807, 2.05) is 44.2 Å². The Morgan fingerprint density at radius 1 is 0.867 bits per heavy atom. The first-order chi connectivity index (χ1) is 14.4. The van der Waals surface area contributed by atoms with Crippen LogP contribution in [0.25, 0.3) is 10.8 Å². The molecule has 3 aromatic rings. The van der Waals surface area contributed by atoms with Gasteiger partial charge in [0.25, 0.3) is 0 Å². The third-order valence-electron chi connectivity index (χ3n) is 4.73. The maximum absolute atomic E-state index is 13.0. The van der Waals surface area contributed by atoms with E-state index in [1.165, 1.54) is 0 Å². The highest BCUT2D eigenvalue weighted by molar-refractivity contribution is 7.89. The number of methoxy groups -OCH3 is 1. The van der Waals surface area contributed by atoms with Crippen molar-refractivity contribution in [2.24, 2.45) is 0 Å². The van der Waals surface area contributed by atoms with Crippen molar-refractivity contribution in [2.75, 3.05) is 20.3 Å². The molecular formula is C23H27NO5S. The second-order valence-corrected chi connectivity index (χ2v) is 8.50. The first kappa shape index (κ1) is 21.9. The standard InChI is InChI=1S/C23H27NO5S/c1-5-28-22-12-9-17(15-23(22)29-6-2)16(3)24-30(25,26)21-11-8-18-13-20(27-4)10-7-19(18)14-21/h7-16,24H,5-6H2,1-4H3. The van der Waals surface area contributed by atoms with Gasteiger partial charge < -0.3 is 14.2 Å². The van der Waals surface area contributed by atoms with Crippen molar-refractivity contribution in [1.29, 1.82) is 0 Å². The van der Waals surface area contributed by atoms with E-state index in [2.05, 4.69) is 4.72 Å². The van der Waals surface area contributed by atoms with E-state index >= 15 is 0 Å². The zero-order chi connectivity index (χ0) is 21.7. The van der Waals surface area contributed by atoms with Gasteiger partial charge in [-0.25, -0.2) is 13.1 Å². The minimum absolute atomic E-state index is 0.211. The fraction of sp³-hybridized carbons (Fsp3) is 0.304. The van der Waals surface area contributed by atoms with Gasteiger partial charge in [-0.1, -0.05) is 18.2 Å². The minimum atomic E-state index is -3.71. The summed E-state index contributed by atoms with van der Waals surface area (Å²) < 4.78 is 45.1. The highest BCUT2D eigenvalue weighted by Gasteiger charge is 2.20. The molecular weight excluding hydrogens is 402 g/mol. The van der Waals surface area contributed by atoms with E-state index < -0.39 is 16.1 Å². The van der Waals surface area contributed by atoms with Crippen LogP contribution >= 0.6 is 0 Å². The second kappa shape index (κ2) is 9.36. The van der Waals surface area contributed by atoms with Gasteiger partial charge in [-0.3, -0.25) is 0 Å². The summed E-state index contributed by atoms with van der Waals surface area (Å²) in [5.41, 5.74) is 0.788. The van der Waals surface area contributed by atoms with Gasteiger partial charge in [-0.05, 0) is 73.5 Å². The van der Waals surface area contributed by atoms with Crippen LogP contribution in [-0.4, -0.2) is 28.7 Å². The number of hydrogen-bond acceptors (Lipinski definition) is 5. The molecule has 30 heavy (non-hydrogen) atoms. The lowest BCUT2D eigenvalue weighted by Gasteiger charge is -2.18. The molecule has 0 radical (unpaired) electrons. The third-order valence-corrected chi connectivity index (χ3v) is 6.27. The molecule has 7 heteroatoms. The molecule has 0 amide bonds. The number of fused-ring (bicyclic) bond motifs is 1. The lowest BCUT2D eigenvalue weighted by atomic mass is 10.1. The largest absolute Gasteiger partial charge is 0.497 e. The summed E-state index contributed by atoms with van der Waals surface area (Å²) in [5.74, 6) is 1.97. The van der Waals surface area contributed by atoms with Crippen LogP contribution in [0.3, 0.4) is 0 Å². The van der Waals surface area contributed by atoms with Gasteiger partial charge in [0, 0.05) is 6.04 Å². The van der Waals surface area contributed by atoms with Crippen molar-refractivity contribution in [3.63, 3.8) is 0 Å². The number of rotatable bonds is 9. The maximum atomic E-state index is 13.0. The van der Waals surface area contributed by atoms with Crippen LogP contribution in [0.1, 0.15) is 32.4 Å². The number of benzene rings is 3. The van der Waals surface area contributed by atoms with Gasteiger partial charge in [0.2, 0.25) is 10.0 Å². The summed E-state index contributed by atoms with van der Waals surface area (Å²) in [5, 5.41) is 1.74. The lowest BCUT2D eigenvalue weighted by Crippen LogP contribution is -2.27. The summed E-state index contributed by atoms with van der Waals surface area (Å²) in [6.45, 7) is 6.61. The molecule has 3 rings (SSSR count). The smallest absolute Gasteiger partial charge is 0.241 e. The van der Waals surface area contributed by atoms with Crippen molar-refractivity contribution in [2.45, 2.75) is 31.7 Å². The predicted octanol–water partition coefficient (Wildman–Crippen LogP) is 4.69. The molecule has 0 saturated carbocycles. The molecule has 0 heterocycles. The molecule has 1 unspecified atom stereocenters. The number of hydrogen-bond donors (Lipinski definition) is 1. The van der Waals surface area contributed by atoms with E-state index in [4.69, 9.17) is 14.2 Å². The van der Waals surface area contributed by atoms with Crippen molar-refractivity contribution in [3.8, 4) is 17.2 Å². The molecule has 3 aromatic carbocycles. The number of ether oxygens (including phenoxy) is 3. The van der Waals surface area contributed by atoms with E-state index in [-0.39, 0.29) is 4.90 Å². The van der Waals surface area contributed by atoms with Gasteiger partial charge >= 0.3 is 0 Å². The average Bonchev–Trinajstić information content (AvgIpc) is 2.74. The van der Waals surface area contributed by atoms with Crippen LogP contribution in [-0.2, 0) is 10.0 Å². The van der Waals surface area contributed by atoms with Gasteiger partial charge in [-0.2, -0.15) is 0 Å². The summed E-state index contributed by atoms with van der Waals surface area (Å²) in [7, 11) is -2.11.